The highest BCUT2D eigenvalue weighted by Crippen LogP contribution is 2.38. The van der Waals surface area contributed by atoms with E-state index in [0.717, 1.165) is 23.4 Å². The lowest BCUT2D eigenvalue weighted by Crippen LogP contribution is -2.29. The van der Waals surface area contributed by atoms with E-state index in [4.69, 9.17) is 18.9 Å². The smallest absolute Gasteiger partial charge is 0.317 e. The number of ether oxygens (including phenoxy) is 4. The summed E-state index contributed by atoms with van der Waals surface area (Å²) in [5.41, 5.74) is 2.49. The summed E-state index contributed by atoms with van der Waals surface area (Å²) in [6.07, 6.45) is 3.88. The van der Waals surface area contributed by atoms with Gasteiger partial charge in [-0.25, -0.2) is 9.97 Å². The molecule has 0 spiro atoms. The average Bonchev–Trinajstić information content (AvgIpc) is 3.18. The summed E-state index contributed by atoms with van der Waals surface area (Å²) >= 11 is 0. The van der Waals surface area contributed by atoms with E-state index in [1.807, 2.05) is 19.9 Å². The Labute approximate surface area is 176 Å². The standard InChI is InChI=1S/C22H27N3O5/c1-14-10-15(2)24-22(23-14)30-17-8-9-25(13-17)20(26)7-6-16-11-18(27-3)21(29-5)19(12-16)28-4/h6-7,10-12,17H,8-9,13H2,1-5H3/b7-6+/t17-/m0/s1. The lowest BCUT2D eigenvalue weighted by Gasteiger charge is -2.15. The highest BCUT2D eigenvalue weighted by atomic mass is 16.5. The second-order valence-corrected chi connectivity index (χ2v) is 7.04. The van der Waals surface area contributed by atoms with E-state index in [0.29, 0.717) is 36.3 Å². The summed E-state index contributed by atoms with van der Waals surface area (Å²) < 4.78 is 21.9. The predicted octanol–water partition coefficient (Wildman–Crippen LogP) is 2.81. The molecule has 1 fully saturated rings. The van der Waals surface area contributed by atoms with E-state index in [1.54, 1.807) is 44.4 Å². The molecular weight excluding hydrogens is 386 g/mol. The van der Waals surface area contributed by atoms with Gasteiger partial charge in [-0.1, -0.05) is 0 Å². The molecule has 1 aromatic carbocycles. The predicted molar refractivity (Wildman–Crippen MR) is 112 cm³/mol. The number of likely N-dealkylation sites (tertiary alicyclic amines) is 1. The van der Waals surface area contributed by atoms with Crippen LogP contribution in [0.5, 0.6) is 23.3 Å². The van der Waals surface area contributed by atoms with Crippen molar-refractivity contribution in [2.45, 2.75) is 26.4 Å². The number of benzene rings is 1. The molecule has 1 aliphatic rings. The normalized spacial score (nSPS) is 16.0. The first-order valence-electron chi connectivity index (χ1n) is 9.69. The molecule has 1 amide bonds. The first kappa shape index (κ1) is 21.4. The van der Waals surface area contributed by atoms with Gasteiger partial charge < -0.3 is 23.8 Å². The first-order chi connectivity index (χ1) is 14.4. The maximum atomic E-state index is 12.6. The summed E-state index contributed by atoms with van der Waals surface area (Å²) in [5.74, 6) is 1.49. The van der Waals surface area contributed by atoms with Crippen molar-refractivity contribution >= 4 is 12.0 Å². The number of hydrogen-bond acceptors (Lipinski definition) is 7. The van der Waals surface area contributed by atoms with Gasteiger partial charge in [-0.2, -0.15) is 0 Å². The number of hydrogen-bond donors (Lipinski definition) is 0. The minimum absolute atomic E-state index is 0.0869. The van der Waals surface area contributed by atoms with E-state index >= 15 is 0 Å². The van der Waals surface area contributed by atoms with Crippen molar-refractivity contribution in [1.82, 2.24) is 14.9 Å². The van der Waals surface area contributed by atoms with Crippen LogP contribution >= 0.6 is 0 Å². The molecule has 3 rings (SSSR count). The lowest BCUT2D eigenvalue weighted by atomic mass is 10.1. The Morgan fingerprint density at radius 2 is 1.67 bits per heavy atom. The zero-order chi connectivity index (χ0) is 21.7. The van der Waals surface area contributed by atoms with Gasteiger partial charge in [0.2, 0.25) is 11.7 Å². The van der Waals surface area contributed by atoms with E-state index in [-0.39, 0.29) is 12.0 Å². The Kier molecular flexibility index (Phi) is 6.76. The maximum Gasteiger partial charge on any atom is 0.317 e. The quantitative estimate of drug-likeness (QED) is 0.646. The van der Waals surface area contributed by atoms with Crippen LogP contribution in [-0.2, 0) is 4.79 Å². The summed E-state index contributed by atoms with van der Waals surface area (Å²) in [4.78, 5) is 23.0. The van der Waals surface area contributed by atoms with Crippen molar-refractivity contribution in [3.05, 3.63) is 41.2 Å². The molecule has 1 saturated heterocycles. The third-order valence-electron chi connectivity index (χ3n) is 4.80. The van der Waals surface area contributed by atoms with Gasteiger partial charge >= 0.3 is 6.01 Å². The number of amides is 1. The summed E-state index contributed by atoms with van der Waals surface area (Å²) in [6.45, 7) is 4.92. The summed E-state index contributed by atoms with van der Waals surface area (Å²) in [5, 5.41) is 0. The van der Waals surface area contributed by atoms with Gasteiger partial charge in [-0.05, 0) is 43.7 Å². The topological polar surface area (TPSA) is 83.0 Å². The fraction of sp³-hybridized carbons (Fsp3) is 0.409. The fourth-order valence-corrected chi connectivity index (χ4v) is 3.39. The van der Waals surface area contributed by atoms with Crippen molar-refractivity contribution < 1.29 is 23.7 Å². The van der Waals surface area contributed by atoms with Gasteiger partial charge in [-0.3, -0.25) is 4.79 Å². The summed E-state index contributed by atoms with van der Waals surface area (Å²) in [6, 6.07) is 5.84. The van der Waals surface area contributed by atoms with Crippen molar-refractivity contribution in [1.29, 1.82) is 0 Å². The maximum absolute atomic E-state index is 12.6. The number of carbonyl (C=O) groups is 1. The van der Waals surface area contributed by atoms with E-state index in [1.165, 1.54) is 6.08 Å². The van der Waals surface area contributed by atoms with Gasteiger partial charge in [0.1, 0.15) is 6.10 Å². The Hall–Kier alpha value is -3.29. The molecule has 0 aliphatic carbocycles. The van der Waals surface area contributed by atoms with Crippen LogP contribution in [0.2, 0.25) is 0 Å². The SMILES string of the molecule is COc1cc(/C=C/C(=O)N2CC[C@H](Oc3nc(C)cc(C)n3)C2)cc(OC)c1OC. The number of aromatic nitrogens is 2. The van der Waals surface area contributed by atoms with E-state index in [2.05, 4.69) is 9.97 Å². The molecule has 0 bridgehead atoms. The number of aryl methyl sites for hydroxylation is 2. The fourth-order valence-electron chi connectivity index (χ4n) is 3.39. The second-order valence-electron chi connectivity index (χ2n) is 7.04. The molecule has 160 valence electrons. The van der Waals surface area contributed by atoms with Crippen LogP contribution in [0.25, 0.3) is 6.08 Å². The Morgan fingerprint density at radius 1 is 1.03 bits per heavy atom. The Balaban J connectivity index is 1.64. The molecule has 0 radical (unpaired) electrons. The zero-order valence-corrected chi connectivity index (χ0v) is 18.0. The van der Waals surface area contributed by atoms with Crippen molar-refractivity contribution in [3.63, 3.8) is 0 Å². The van der Waals surface area contributed by atoms with Crippen LogP contribution in [0.1, 0.15) is 23.4 Å². The molecule has 2 heterocycles. The van der Waals surface area contributed by atoms with E-state index in [9.17, 15) is 4.79 Å². The van der Waals surface area contributed by atoms with Crippen LogP contribution in [0.15, 0.2) is 24.3 Å². The minimum Gasteiger partial charge on any atom is -0.493 e. The van der Waals surface area contributed by atoms with E-state index < -0.39 is 0 Å². The Bertz CT molecular complexity index is 899. The average molecular weight is 413 g/mol. The molecule has 1 atom stereocenters. The molecule has 0 unspecified atom stereocenters. The van der Waals surface area contributed by atoms with Gasteiger partial charge in [0.25, 0.3) is 0 Å². The minimum atomic E-state index is -0.121. The highest BCUT2D eigenvalue weighted by molar-refractivity contribution is 5.92. The number of methoxy groups -OCH3 is 3. The molecule has 0 saturated carbocycles. The van der Waals surface area contributed by atoms with Crippen molar-refractivity contribution in [2.75, 3.05) is 34.4 Å². The van der Waals surface area contributed by atoms with Gasteiger partial charge in [0.15, 0.2) is 11.5 Å². The number of carbonyl (C=O) groups excluding carboxylic acids is 1. The molecule has 8 nitrogen and oxygen atoms in total. The Morgan fingerprint density at radius 3 is 2.23 bits per heavy atom. The monoisotopic (exact) mass is 413 g/mol. The molecule has 30 heavy (non-hydrogen) atoms. The molecule has 2 aromatic rings. The first-order valence-corrected chi connectivity index (χ1v) is 9.69. The van der Waals surface area contributed by atoms with Crippen molar-refractivity contribution in [3.8, 4) is 23.3 Å². The second kappa shape index (κ2) is 9.47. The molecule has 1 aliphatic heterocycles. The van der Waals surface area contributed by atoms with Crippen LogP contribution in [0.4, 0.5) is 0 Å². The zero-order valence-electron chi connectivity index (χ0n) is 18.0. The molecule has 8 heteroatoms. The highest BCUT2D eigenvalue weighted by Gasteiger charge is 2.27. The van der Waals surface area contributed by atoms with Crippen molar-refractivity contribution in [2.24, 2.45) is 0 Å². The lowest BCUT2D eigenvalue weighted by molar-refractivity contribution is -0.125. The van der Waals surface area contributed by atoms with Crippen LogP contribution in [0, 0.1) is 13.8 Å². The van der Waals surface area contributed by atoms with Gasteiger partial charge in [0.05, 0.1) is 27.9 Å². The van der Waals surface area contributed by atoms with Crippen LogP contribution in [0.3, 0.4) is 0 Å². The third-order valence-corrected chi connectivity index (χ3v) is 4.80. The van der Waals surface area contributed by atoms with Gasteiger partial charge in [-0.15, -0.1) is 0 Å². The van der Waals surface area contributed by atoms with Crippen LogP contribution in [-0.4, -0.2) is 61.3 Å². The molecular formula is C22H27N3O5. The number of nitrogens with zero attached hydrogens (tertiary/aromatic N) is 3. The number of rotatable bonds is 7. The molecule has 0 N–H and O–H groups in total. The summed E-state index contributed by atoms with van der Waals surface area (Å²) in [7, 11) is 4.66. The van der Waals surface area contributed by atoms with Crippen LogP contribution < -0.4 is 18.9 Å². The van der Waals surface area contributed by atoms with Gasteiger partial charge in [0, 0.05) is 30.4 Å². The largest absolute Gasteiger partial charge is 0.493 e. The molecule has 1 aromatic heterocycles. The third kappa shape index (κ3) is 5.00.